The third-order valence-corrected chi connectivity index (χ3v) is 1.47. The number of esters is 2. The van der Waals surface area contributed by atoms with Gasteiger partial charge in [0.15, 0.2) is 0 Å². The summed E-state index contributed by atoms with van der Waals surface area (Å²) in [6, 6.07) is 0. The van der Waals surface area contributed by atoms with Crippen molar-refractivity contribution in [2.45, 2.75) is 19.6 Å². The van der Waals surface area contributed by atoms with Gasteiger partial charge in [0.1, 0.15) is 6.61 Å². The Balaban J connectivity index is 4.66. The molecule has 0 aromatic rings. The Morgan fingerprint density at radius 3 is 2.06 bits per heavy atom. The maximum Gasteiger partial charge on any atom is 0.369 e. The van der Waals surface area contributed by atoms with Crippen molar-refractivity contribution in [3.05, 3.63) is 24.6 Å². The molecular weight excluding hydrogens is 219 g/mol. The van der Waals surface area contributed by atoms with Crippen molar-refractivity contribution in [1.82, 2.24) is 0 Å². The van der Waals surface area contributed by atoms with Crippen molar-refractivity contribution < 1.29 is 28.6 Å². The fraction of sp³-hybridized carbons (Fsp3) is 0.400. The van der Waals surface area contributed by atoms with E-state index in [0.29, 0.717) is 0 Å². The van der Waals surface area contributed by atoms with Crippen molar-refractivity contribution in [3.63, 3.8) is 0 Å². The fourth-order valence-corrected chi connectivity index (χ4v) is 0.620. The first-order chi connectivity index (χ1) is 7.22. The van der Waals surface area contributed by atoms with Crippen LogP contribution in [0.3, 0.4) is 0 Å². The largest absolute Gasteiger partial charge is 0.417 e. The minimum atomic E-state index is -1.96. The quantitative estimate of drug-likeness (QED) is 0.432. The normalized spacial score (nSPS) is 13.5. The smallest absolute Gasteiger partial charge is 0.369 e. The van der Waals surface area contributed by atoms with Gasteiger partial charge in [0.2, 0.25) is 5.83 Å². The van der Waals surface area contributed by atoms with E-state index in [-0.39, 0.29) is 5.57 Å². The van der Waals surface area contributed by atoms with Crippen LogP contribution in [0.1, 0.15) is 13.8 Å². The van der Waals surface area contributed by atoms with Gasteiger partial charge < -0.3 is 14.6 Å². The number of carbonyl (C=O) groups excluding carboxylic acids is 2. The van der Waals surface area contributed by atoms with E-state index in [9.17, 15) is 14.0 Å². The molecule has 90 valence electrons. The molecule has 1 unspecified atom stereocenters. The number of aliphatic hydroxyl groups excluding tert-OH is 1. The molecule has 0 fully saturated rings. The van der Waals surface area contributed by atoms with E-state index in [1.807, 2.05) is 0 Å². The van der Waals surface area contributed by atoms with Crippen LogP contribution in [-0.4, -0.2) is 29.4 Å². The molecule has 0 bridgehead atoms. The first-order valence-corrected chi connectivity index (χ1v) is 4.29. The Kier molecular flexibility index (Phi) is 4.84. The molecule has 0 saturated carbocycles. The summed E-state index contributed by atoms with van der Waals surface area (Å²) in [7, 11) is 0. The summed E-state index contributed by atoms with van der Waals surface area (Å²) in [6.07, 6.45) is 0. The van der Waals surface area contributed by atoms with E-state index in [2.05, 4.69) is 22.6 Å². The van der Waals surface area contributed by atoms with Gasteiger partial charge in [-0.1, -0.05) is 13.2 Å². The molecule has 0 spiro atoms. The van der Waals surface area contributed by atoms with Gasteiger partial charge in [-0.2, -0.15) is 4.39 Å². The molecular formula is C10H13FO5. The molecule has 0 amide bonds. The fourth-order valence-electron chi connectivity index (χ4n) is 0.620. The van der Waals surface area contributed by atoms with Gasteiger partial charge >= 0.3 is 11.9 Å². The number of carbonyl (C=O) groups is 2. The van der Waals surface area contributed by atoms with E-state index in [1.165, 1.54) is 6.92 Å². The Hall–Kier alpha value is -1.69. The van der Waals surface area contributed by atoms with Crippen molar-refractivity contribution in [2.24, 2.45) is 0 Å². The summed E-state index contributed by atoms with van der Waals surface area (Å²) in [5.41, 5.74) is 0.0507. The first-order valence-electron chi connectivity index (χ1n) is 4.29. The number of rotatable bonds is 5. The van der Waals surface area contributed by atoms with Crippen molar-refractivity contribution in [3.8, 4) is 0 Å². The van der Waals surface area contributed by atoms with E-state index < -0.39 is 30.2 Å². The maximum atomic E-state index is 12.3. The van der Waals surface area contributed by atoms with Crippen LogP contribution < -0.4 is 0 Å². The highest BCUT2D eigenvalue weighted by Crippen LogP contribution is 2.16. The monoisotopic (exact) mass is 232 g/mol. The van der Waals surface area contributed by atoms with Gasteiger partial charge in [-0.3, -0.25) is 0 Å². The summed E-state index contributed by atoms with van der Waals surface area (Å²) in [5.74, 6) is -5.59. The average Bonchev–Trinajstić information content (AvgIpc) is 2.17. The lowest BCUT2D eigenvalue weighted by atomic mass is 10.3. The zero-order chi connectivity index (χ0) is 12.9. The lowest BCUT2D eigenvalue weighted by Gasteiger charge is -2.26. The van der Waals surface area contributed by atoms with E-state index in [1.54, 1.807) is 0 Å². The van der Waals surface area contributed by atoms with Crippen LogP contribution in [0.15, 0.2) is 24.6 Å². The number of hydrogen-bond donors (Lipinski definition) is 1. The maximum absolute atomic E-state index is 12.3. The summed E-state index contributed by atoms with van der Waals surface area (Å²) >= 11 is 0. The second-order valence-corrected chi connectivity index (χ2v) is 3.26. The topological polar surface area (TPSA) is 72.8 Å². The van der Waals surface area contributed by atoms with Crippen LogP contribution >= 0.6 is 0 Å². The molecule has 0 rings (SSSR count). The van der Waals surface area contributed by atoms with Crippen LogP contribution in [0.4, 0.5) is 4.39 Å². The minimum absolute atomic E-state index is 0.0507. The summed E-state index contributed by atoms with van der Waals surface area (Å²) in [4.78, 5) is 22.0. The first kappa shape index (κ1) is 14.3. The van der Waals surface area contributed by atoms with E-state index in [0.717, 1.165) is 6.92 Å². The standard InChI is InChI=1S/C10H13FO5/c1-6(2)8(13)15-10(4,5-12)16-9(14)7(3)11/h12H,1,3,5H2,2,4H3. The average molecular weight is 232 g/mol. The number of ether oxygens (including phenoxy) is 2. The van der Waals surface area contributed by atoms with Gasteiger partial charge in [0, 0.05) is 12.5 Å². The van der Waals surface area contributed by atoms with Gasteiger partial charge in [-0.15, -0.1) is 0 Å². The van der Waals surface area contributed by atoms with Crippen molar-refractivity contribution in [1.29, 1.82) is 0 Å². The molecule has 0 saturated heterocycles. The highest BCUT2D eigenvalue weighted by Gasteiger charge is 2.33. The van der Waals surface area contributed by atoms with Crippen LogP contribution in [0.25, 0.3) is 0 Å². The highest BCUT2D eigenvalue weighted by molar-refractivity contribution is 5.88. The predicted molar refractivity (Wildman–Crippen MR) is 52.7 cm³/mol. The predicted octanol–water partition coefficient (Wildman–Crippen LogP) is 0.841. The van der Waals surface area contributed by atoms with E-state index in [4.69, 9.17) is 5.11 Å². The molecule has 1 atom stereocenters. The second kappa shape index (κ2) is 5.41. The van der Waals surface area contributed by atoms with Crippen LogP contribution in [0, 0.1) is 0 Å². The molecule has 5 nitrogen and oxygen atoms in total. The van der Waals surface area contributed by atoms with Gasteiger partial charge in [0.25, 0.3) is 5.79 Å². The molecule has 0 aliphatic carbocycles. The van der Waals surface area contributed by atoms with Gasteiger partial charge in [-0.05, 0) is 6.92 Å². The second-order valence-electron chi connectivity index (χ2n) is 3.26. The van der Waals surface area contributed by atoms with Crippen molar-refractivity contribution >= 4 is 11.9 Å². The molecule has 6 heteroatoms. The Labute approximate surface area is 92.2 Å². The third-order valence-electron chi connectivity index (χ3n) is 1.47. The molecule has 0 aromatic heterocycles. The summed E-state index contributed by atoms with van der Waals surface area (Å²) in [6.45, 7) is 7.67. The molecule has 0 radical (unpaired) electrons. The number of hydrogen-bond acceptors (Lipinski definition) is 5. The van der Waals surface area contributed by atoms with Gasteiger partial charge in [0.05, 0.1) is 0 Å². The van der Waals surface area contributed by atoms with Crippen LogP contribution in [0.5, 0.6) is 0 Å². The molecule has 0 heterocycles. The molecule has 1 N–H and O–H groups in total. The molecule has 0 aromatic carbocycles. The molecule has 16 heavy (non-hydrogen) atoms. The van der Waals surface area contributed by atoms with Gasteiger partial charge in [-0.25, -0.2) is 9.59 Å². The molecule has 0 aliphatic heterocycles. The third kappa shape index (κ3) is 4.22. The lowest BCUT2D eigenvalue weighted by Crippen LogP contribution is -2.40. The minimum Gasteiger partial charge on any atom is -0.417 e. The Morgan fingerprint density at radius 2 is 1.75 bits per heavy atom. The van der Waals surface area contributed by atoms with Crippen molar-refractivity contribution in [2.75, 3.05) is 6.61 Å². The SMILES string of the molecule is C=C(C)C(=O)OC(C)(CO)OC(=O)C(=C)F. The number of aliphatic hydroxyl groups is 1. The Bertz CT molecular complexity index is 306. The summed E-state index contributed by atoms with van der Waals surface area (Å²) < 4.78 is 21.4. The summed E-state index contributed by atoms with van der Waals surface area (Å²) in [5, 5.41) is 8.91. The zero-order valence-electron chi connectivity index (χ0n) is 9.08. The van der Waals surface area contributed by atoms with Crippen LogP contribution in [0.2, 0.25) is 0 Å². The number of halogens is 1. The Morgan fingerprint density at radius 1 is 1.31 bits per heavy atom. The molecule has 0 aliphatic rings. The lowest BCUT2D eigenvalue weighted by molar-refractivity contribution is -0.229. The highest BCUT2D eigenvalue weighted by atomic mass is 19.1. The zero-order valence-corrected chi connectivity index (χ0v) is 9.08. The van der Waals surface area contributed by atoms with E-state index >= 15 is 0 Å². The van der Waals surface area contributed by atoms with Crippen LogP contribution in [-0.2, 0) is 19.1 Å².